The molecule has 20 heavy (non-hydrogen) atoms. The zero-order valence-electron chi connectivity index (χ0n) is 10.6. The molecule has 2 rings (SSSR count). The molecule has 0 atom stereocenters. The minimum atomic E-state index is -3.53. The summed E-state index contributed by atoms with van der Waals surface area (Å²) in [5, 5.41) is 0.411. The van der Waals surface area contributed by atoms with E-state index >= 15 is 0 Å². The van der Waals surface area contributed by atoms with Gasteiger partial charge in [-0.3, -0.25) is 4.98 Å². The van der Waals surface area contributed by atoms with Gasteiger partial charge in [-0.25, -0.2) is 8.42 Å². The Bertz CT molecular complexity index is 669. The summed E-state index contributed by atoms with van der Waals surface area (Å²) < 4.78 is 27.4. The molecule has 0 saturated carbocycles. The quantitative estimate of drug-likeness (QED) is 0.774. The molecule has 2 aromatic rings. The summed E-state index contributed by atoms with van der Waals surface area (Å²) in [6.07, 6.45) is 3.29. The largest absolute Gasteiger partial charge is 0.265 e. The first-order chi connectivity index (χ1) is 9.45. The number of aromatic nitrogens is 1. The summed E-state index contributed by atoms with van der Waals surface area (Å²) in [6.45, 7) is 2.51. The molecule has 2 heterocycles. The van der Waals surface area contributed by atoms with Gasteiger partial charge in [0.1, 0.15) is 4.21 Å². The second-order valence-corrected chi connectivity index (χ2v) is 8.92. The normalized spacial score (nSPS) is 12.0. The summed E-state index contributed by atoms with van der Waals surface area (Å²) in [5.41, 5.74) is 0.896. The van der Waals surface area contributed by atoms with Gasteiger partial charge in [-0.05, 0) is 39.7 Å². The first-order valence-electron chi connectivity index (χ1n) is 5.79. The highest BCUT2D eigenvalue weighted by atomic mass is 79.9. The van der Waals surface area contributed by atoms with Crippen LogP contribution in [0.2, 0.25) is 5.02 Å². The van der Waals surface area contributed by atoms with Crippen LogP contribution in [0.1, 0.15) is 12.5 Å². The topological polar surface area (TPSA) is 50.3 Å². The molecule has 108 valence electrons. The summed E-state index contributed by atoms with van der Waals surface area (Å²) in [6, 6.07) is 5.08. The van der Waals surface area contributed by atoms with Crippen LogP contribution in [-0.4, -0.2) is 24.3 Å². The van der Waals surface area contributed by atoms with Crippen molar-refractivity contribution in [2.24, 2.45) is 0 Å². The molecular formula is C12H12BrClN2O2S2. The molecule has 8 heteroatoms. The average molecular weight is 396 g/mol. The zero-order chi connectivity index (χ0) is 14.8. The molecule has 0 N–H and O–H groups in total. The van der Waals surface area contributed by atoms with E-state index in [2.05, 4.69) is 20.9 Å². The van der Waals surface area contributed by atoms with Crippen LogP contribution >= 0.6 is 38.9 Å². The Morgan fingerprint density at radius 3 is 2.55 bits per heavy atom. The van der Waals surface area contributed by atoms with Crippen molar-refractivity contribution in [1.82, 2.24) is 9.29 Å². The van der Waals surface area contributed by atoms with Gasteiger partial charge in [0.15, 0.2) is 0 Å². The first-order valence-corrected chi connectivity index (χ1v) is 9.21. The van der Waals surface area contributed by atoms with Gasteiger partial charge in [-0.1, -0.05) is 18.5 Å². The van der Waals surface area contributed by atoms with Crippen LogP contribution in [0.15, 0.2) is 38.6 Å². The lowest BCUT2D eigenvalue weighted by Crippen LogP contribution is -2.29. The third kappa shape index (κ3) is 3.40. The summed E-state index contributed by atoms with van der Waals surface area (Å²) in [5.74, 6) is 0. The lowest BCUT2D eigenvalue weighted by Gasteiger charge is -2.19. The number of hydrogen-bond acceptors (Lipinski definition) is 4. The van der Waals surface area contributed by atoms with Crippen molar-refractivity contribution >= 4 is 48.9 Å². The van der Waals surface area contributed by atoms with E-state index in [9.17, 15) is 8.42 Å². The van der Waals surface area contributed by atoms with Gasteiger partial charge in [0, 0.05) is 25.5 Å². The Kier molecular flexibility index (Phi) is 5.19. The molecule has 0 aliphatic carbocycles. The number of pyridine rings is 1. The molecular weight excluding hydrogens is 384 g/mol. The van der Waals surface area contributed by atoms with Crippen molar-refractivity contribution < 1.29 is 8.42 Å². The van der Waals surface area contributed by atoms with Crippen molar-refractivity contribution in [2.75, 3.05) is 6.54 Å². The molecule has 0 unspecified atom stereocenters. The maximum absolute atomic E-state index is 12.6. The van der Waals surface area contributed by atoms with Crippen molar-refractivity contribution in [3.8, 4) is 0 Å². The molecule has 0 aromatic carbocycles. The predicted molar refractivity (Wildman–Crippen MR) is 84.5 cm³/mol. The van der Waals surface area contributed by atoms with Crippen molar-refractivity contribution in [2.45, 2.75) is 17.7 Å². The number of hydrogen-bond donors (Lipinski definition) is 0. The van der Waals surface area contributed by atoms with E-state index in [0.717, 1.165) is 16.9 Å². The Labute approximate surface area is 135 Å². The van der Waals surface area contributed by atoms with Gasteiger partial charge >= 0.3 is 0 Å². The molecule has 0 radical (unpaired) electrons. The van der Waals surface area contributed by atoms with E-state index in [1.807, 2.05) is 6.92 Å². The molecule has 0 aliphatic rings. The fourth-order valence-corrected chi connectivity index (χ4v) is 5.63. The van der Waals surface area contributed by atoms with Gasteiger partial charge < -0.3 is 0 Å². The third-order valence-electron chi connectivity index (χ3n) is 2.68. The van der Waals surface area contributed by atoms with E-state index in [-0.39, 0.29) is 4.21 Å². The standard InChI is InChI=1S/C12H12BrClN2O2S2/c1-2-16(8-9-3-5-15-6-4-9)20(17,18)11-7-10(14)12(13)19-11/h3-7H,2,8H2,1H3. The second kappa shape index (κ2) is 6.53. The fraction of sp³-hybridized carbons (Fsp3) is 0.250. The molecule has 0 aliphatic heterocycles. The lowest BCUT2D eigenvalue weighted by molar-refractivity contribution is 0.424. The maximum Gasteiger partial charge on any atom is 0.252 e. The SMILES string of the molecule is CCN(Cc1ccncc1)S(=O)(=O)c1cc(Cl)c(Br)s1. The highest BCUT2D eigenvalue weighted by Crippen LogP contribution is 2.36. The number of halogens is 2. The van der Waals surface area contributed by atoms with E-state index in [1.165, 1.54) is 10.4 Å². The minimum absolute atomic E-state index is 0.241. The minimum Gasteiger partial charge on any atom is -0.265 e. The van der Waals surface area contributed by atoms with Crippen molar-refractivity contribution in [3.63, 3.8) is 0 Å². The molecule has 0 bridgehead atoms. The van der Waals surface area contributed by atoms with Gasteiger partial charge in [-0.2, -0.15) is 4.31 Å². The highest BCUT2D eigenvalue weighted by molar-refractivity contribution is 9.11. The fourth-order valence-electron chi connectivity index (χ4n) is 1.64. The van der Waals surface area contributed by atoms with Crippen LogP contribution in [0.25, 0.3) is 0 Å². The number of thiophene rings is 1. The van der Waals surface area contributed by atoms with E-state index in [1.54, 1.807) is 24.5 Å². The molecule has 0 fully saturated rings. The second-order valence-electron chi connectivity index (χ2n) is 3.97. The molecule has 0 amide bonds. The van der Waals surface area contributed by atoms with Gasteiger partial charge in [0.25, 0.3) is 10.0 Å². The Morgan fingerprint density at radius 1 is 1.40 bits per heavy atom. The zero-order valence-corrected chi connectivity index (χ0v) is 14.6. The highest BCUT2D eigenvalue weighted by Gasteiger charge is 2.26. The van der Waals surface area contributed by atoms with E-state index in [0.29, 0.717) is 21.9 Å². The van der Waals surface area contributed by atoms with Crippen LogP contribution in [0.3, 0.4) is 0 Å². The van der Waals surface area contributed by atoms with Gasteiger partial charge in [-0.15, -0.1) is 11.3 Å². The van der Waals surface area contributed by atoms with Crippen LogP contribution in [0, 0.1) is 0 Å². The van der Waals surface area contributed by atoms with E-state index < -0.39 is 10.0 Å². The molecule has 0 spiro atoms. The Hall–Kier alpha value is -0.470. The monoisotopic (exact) mass is 394 g/mol. The predicted octanol–water partition coefficient (Wildman–Crippen LogP) is 3.77. The van der Waals surface area contributed by atoms with Crippen LogP contribution in [0.5, 0.6) is 0 Å². The first kappa shape index (κ1) is 15.9. The lowest BCUT2D eigenvalue weighted by atomic mass is 10.3. The maximum atomic E-state index is 12.6. The van der Waals surface area contributed by atoms with Gasteiger partial charge in [0.2, 0.25) is 0 Å². The number of rotatable bonds is 5. The molecule has 4 nitrogen and oxygen atoms in total. The summed E-state index contributed by atoms with van der Waals surface area (Å²) in [7, 11) is -3.53. The third-order valence-corrected chi connectivity index (χ3v) is 7.52. The van der Waals surface area contributed by atoms with Crippen LogP contribution < -0.4 is 0 Å². The van der Waals surface area contributed by atoms with Crippen molar-refractivity contribution in [3.05, 3.63) is 45.0 Å². The summed E-state index contributed by atoms with van der Waals surface area (Å²) >= 11 is 10.3. The number of nitrogens with zero attached hydrogens (tertiary/aromatic N) is 2. The molecule has 0 saturated heterocycles. The van der Waals surface area contributed by atoms with Crippen LogP contribution in [-0.2, 0) is 16.6 Å². The smallest absolute Gasteiger partial charge is 0.252 e. The van der Waals surface area contributed by atoms with E-state index in [4.69, 9.17) is 11.6 Å². The number of sulfonamides is 1. The Balaban J connectivity index is 2.30. The van der Waals surface area contributed by atoms with Gasteiger partial charge in [0.05, 0.1) is 8.81 Å². The summed E-state index contributed by atoms with van der Waals surface area (Å²) in [4.78, 5) is 3.92. The average Bonchev–Trinajstić information content (AvgIpc) is 2.78. The Morgan fingerprint density at radius 2 is 2.05 bits per heavy atom. The molecule has 2 aromatic heterocycles. The van der Waals surface area contributed by atoms with Crippen molar-refractivity contribution in [1.29, 1.82) is 0 Å². The van der Waals surface area contributed by atoms with Crippen LogP contribution in [0.4, 0.5) is 0 Å².